The summed E-state index contributed by atoms with van der Waals surface area (Å²) in [6.45, 7) is 0.962. The number of benzene rings is 1. The number of nitrogens with one attached hydrogen (secondary N) is 1. The number of halogens is 2. The van der Waals surface area contributed by atoms with Crippen molar-refractivity contribution < 1.29 is 18.3 Å². The minimum Gasteiger partial charge on any atom is -0.435 e. The van der Waals surface area contributed by atoms with E-state index < -0.39 is 6.61 Å². The SMILES string of the molecule is CC[C@@H](NC(=O)c1cccc(OC(F)F)c1)c1cc(C)ccn1. The first-order valence-electron chi connectivity index (χ1n) is 7.28. The molecule has 2 aromatic rings. The second-order valence-corrected chi connectivity index (χ2v) is 5.10. The monoisotopic (exact) mass is 320 g/mol. The topological polar surface area (TPSA) is 51.2 Å². The number of hydrogen-bond donors (Lipinski definition) is 1. The van der Waals surface area contributed by atoms with Gasteiger partial charge in [0.2, 0.25) is 0 Å². The third kappa shape index (κ3) is 4.74. The predicted octanol–water partition coefficient (Wildman–Crippen LogP) is 3.87. The van der Waals surface area contributed by atoms with Crippen LogP contribution >= 0.6 is 0 Å². The smallest absolute Gasteiger partial charge is 0.387 e. The van der Waals surface area contributed by atoms with Gasteiger partial charge >= 0.3 is 6.61 Å². The molecule has 1 heterocycles. The maximum atomic E-state index is 12.3. The first-order chi connectivity index (χ1) is 11.0. The Labute approximate surface area is 133 Å². The van der Waals surface area contributed by atoms with Crippen LogP contribution in [0.4, 0.5) is 8.78 Å². The summed E-state index contributed by atoms with van der Waals surface area (Å²) in [5.41, 5.74) is 2.07. The Kier molecular flexibility index (Phi) is 5.62. The Bertz CT molecular complexity index is 677. The Morgan fingerprint density at radius 2 is 2.09 bits per heavy atom. The zero-order valence-electron chi connectivity index (χ0n) is 12.9. The van der Waals surface area contributed by atoms with Crippen molar-refractivity contribution in [1.29, 1.82) is 0 Å². The molecule has 0 saturated carbocycles. The summed E-state index contributed by atoms with van der Waals surface area (Å²) in [5, 5.41) is 2.86. The summed E-state index contributed by atoms with van der Waals surface area (Å²) >= 11 is 0. The van der Waals surface area contributed by atoms with Gasteiger partial charge in [-0.15, -0.1) is 0 Å². The molecule has 0 fully saturated rings. The number of carbonyl (C=O) groups excluding carboxylic acids is 1. The van der Waals surface area contributed by atoms with Gasteiger partial charge in [-0.2, -0.15) is 8.78 Å². The fourth-order valence-electron chi connectivity index (χ4n) is 2.19. The minimum atomic E-state index is -2.92. The van der Waals surface area contributed by atoms with Gasteiger partial charge in [-0.1, -0.05) is 13.0 Å². The Morgan fingerprint density at radius 3 is 2.74 bits per heavy atom. The highest BCUT2D eigenvalue weighted by Gasteiger charge is 2.16. The number of pyridine rings is 1. The van der Waals surface area contributed by atoms with E-state index in [0.717, 1.165) is 11.3 Å². The van der Waals surface area contributed by atoms with Crippen LogP contribution in [0.5, 0.6) is 5.75 Å². The zero-order chi connectivity index (χ0) is 16.8. The molecule has 4 nitrogen and oxygen atoms in total. The Hall–Kier alpha value is -2.50. The quantitative estimate of drug-likeness (QED) is 0.879. The van der Waals surface area contributed by atoms with Gasteiger partial charge in [0.05, 0.1) is 11.7 Å². The Morgan fingerprint density at radius 1 is 1.30 bits per heavy atom. The van der Waals surface area contributed by atoms with Crippen LogP contribution in [0.25, 0.3) is 0 Å². The van der Waals surface area contributed by atoms with Gasteiger partial charge in [0.25, 0.3) is 5.91 Å². The first kappa shape index (κ1) is 16.9. The van der Waals surface area contributed by atoms with Gasteiger partial charge in [-0.25, -0.2) is 0 Å². The summed E-state index contributed by atoms with van der Waals surface area (Å²) in [5.74, 6) is -0.408. The molecule has 0 unspecified atom stereocenters. The lowest BCUT2D eigenvalue weighted by Crippen LogP contribution is -2.28. The number of carbonyl (C=O) groups is 1. The van der Waals surface area contributed by atoms with E-state index in [2.05, 4.69) is 15.0 Å². The van der Waals surface area contributed by atoms with Crippen LogP contribution in [-0.4, -0.2) is 17.5 Å². The predicted molar refractivity (Wildman–Crippen MR) is 82.5 cm³/mol. The molecule has 0 aliphatic carbocycles. The lowest BCUT2D eigenvalue weighted by Gasteiger charge is -2.17. The number of amides is 1. The molecule has 0 bridgehead atoms. The fraction of sp³-hybridized carbons (Fsp3) is 0.294. The molecular weight excluding hydrogens is 302 g/mol. The molecule has 0 aliphatic rings. The molecule has 122 valence electrons. The third-order valence-corrected chi connectivity index (χ3v) is 3.33. The van der Waals surface area contributed by atoms with E-state index >= 15 is 0 Å². The molecule has 23 heavy (non-hydrogen) atoms. The fourth-order valence-corrected chi connectivity index (χ4v) is 2.19. The lowest BCUT2D eigenvalue weighted by atomic mass is 10.1. The number of aryl methyl sites for hydroxylation is 1. The van der Waals surface area contributed by atoms with Crippen molar-refractivity contribution in [3.63, 3.8) is 0 Å². The number of nitrogens with zero attached hydrogens (tertiary/aromatic N) is 1. The average molecular weight is 320 g/mol. The van der Waals surface area contributed by atoms with Crippen LogP contribution in [0.15, 0.2) is 42.6 Å². The van der Waals surface area contributed by atoms with Gasteiger partial charge < -0.3 is 10.1 Å². The molecule has 1 atom stereocenters. The van der Waals surface area contributed by atoms with Crippen LogP contribution < -0.4 is 10.1 Å². The molecule has 0 radical (unpaired) electrons. The van der Waals surface area contributed by atoms with E-state index in [-0.39, 0.29) is 23.3 Å². The zero-order valence-corrected chi connectivity index (χ0v) is 12.9. The van der Waals surface area contributed by atoms with E-state index in [1.165, 1.54) is 18.2 Å². The lowest BCUT2D eigenvalue weighted by molar-refractivity contribution is -0.0498. The second-order valence-electron chi connectivity index (χ2n) is 5.10. The number of rotatable bonds is 6. The van der Waals surface area contributed by atoms with Crippen molar-refractivity contribution in [2.75, 3.05) is 0 Å². The van der Waals surface area contributed by atoms with Gasteiger partial charge in [0, 0.05) is 11.8 Å². The van der Waals surface area contributed by atoms with Crippen molar-refractivity contribution in [3.05, 3.63) is 59.4 Å². The third-order valence-electron chi connectivity index (χ3n) is 3.33. The van der Waals surface area contributed by atoms with Crippen LogP contribution in [-0.2, 0) is 0 Å². The van der Waals surface area contributed by atoms with Crippen LogP contribution in [0, 0.1) is 6.92 Å². The van der Waals surface area contributed by atoms with Crippen molar-refractivity contribution in [2.45, 2.75) is 32.9 Å². The normalized spacial score (nSPS) is 12.0. The highest BCUT2D eigenvalue weighted by Crippen LogP contribution is 2.19. The standard InChI is InChI=1S/C17H18F2N2O2/c1-3-14(15-9-11(2)7-8-20-15)21-16(22)12-5-4-6-13(10-12)23-17(18)19/h4-10,14,17H,3H2,1-2H3,(H,21,22)/t14-/m1/s1. The van der Waals surface area contributed by atoms with Gasteiger partial charge in [0.15, 0.2) is 0 Å². The number of alkyl halides is 2. The second kappa shape index (κ2) is 7.67. The highest BCUT2D eigenvalue weighted by molar-refractivity contribution is 5.94. The number of hydrogen-bond acceptors (Lipinski definition) is 3. The molecule has 1 aromatic carbocycles. The summed E-state index contributed by atoms with van der Waals surface area (Å²) < 4.78 is 28.8. The molecule has 0 aliphatic heterocycles. The van der Waals surface area contributed by atoms with Gasteiger partial charge in [0.1, 0.15) is 5.75 Å². The van der Waals surface area contributed by atoms with Crippen LogP contribution in [0.3, 0.4) is 0 Å². The molecule has 0 saturated heterocycles. The van der Waals surface area contributed by atoms with E-state index in [4.69, 9.17) is 0 Å². The molecule has 6 heteroatoms. The largest absolute Gasteiger partial charge is 0.435 e. The summed E-state index contributed by atoms with van der Waals surface area (Å²) in [4.78, 5) is 16.6. The van der Waals surface area contributed by atoms with Gasteiger partial charge in [-0.3, -0.25) is 9.78 Å². The molecular formula is C17H18F2N2O2. The van der Waals surface area contributed by atoms with E-state index in [1.54, 1.807) is 12.3 Å². The average Bonchev–Trinajstić information content (AvgIpc) is 2.52. The van der Waals surface area contributed by atoms with Gasteiger partial charge in [-0.05, 0) is 49.2 Å². The van der Waals surface area contributed by atoms with Crippen LogP contribution in [0.2, 0.25) is 0 Å². The molecule has 2 rings (SSSR count). The van der Waals surface area contributed by atoms with Crippen molar-refractivity contribution in [1.82, 2.24) is 10.3 Å². The summed E-state index contributed by atoms with van der Waals surface area (Å²) in [7, 11) is 0. The molecule has 0 spiro atoms. The summed E-state index contributed by atoms with van der Waals surface area (Å²) in [6.07, 6.45) is 2.35. The maximum Gasteiger partial charge on any atom is 0.387 e. The highest BCUT2D eigenvalue weighted by atomic mass is 19.3. The van der Waals surface area contributed by atoms with Crippen molar-refractivity contribution in [3.8, 4) is 5.75 Å². The first-order valence-corrected chi connectivity index (χ1v) is 7.28. The van der Waals surface area contributed by atoms with E-state index in [0.29, 0.717) is 6.42 Å². The molecule has 1 amide bonds. The number of aromatic nitrogens is 1. The van der Waals surface area contributed by atoms with Crippen LogP contribution in [0.1, 0.15) is 41.0 Å². The minimum absolute atomic E-state index is 0.0469. The number of ether oxygens (including phenoxy) is 1. The molecule has 1 aromatic heterocycles. The van der Waals surface area contributed by atoms with E-state index in [1.807, 2.05) is 26.0 Å². The maximum absolute atomic E-state index is 12.3. The van der Waals surface area contributed by atoms with Crippen molar-refractivity contribution >= 4 is 5.91 Å². The Balaban J connectivity index is 2.13. The molecule has 1 N–H and O–H groups in total. The van der Waals surface area contributed by atoms with Crippen molar-refractivity contribution in [2.24, 2.45) is 0 Å². The summed E-state index contributed by atoms with van der Waals surface area (Å²) in [6, 6.07) is 9.25. The van der Waals surface area contributed by atoms with E-state index in [9.17, 15) is 13.6 Å².